The van der Waals surface area contributed by atoms with E-state index >= 15 is 0 Å². The van der Waals surface area contributed by atoms with Crippen LogP contribution in [0.3, 0.4) is 0 Å². The summed E-state index contributed by atoms with van der Waals surface area (Å²) in [6.07, 6.45) is 4.56. The Balaban J connectivity index is 2.20. The summed E-state index contributed by atoms with van der Waals surface area (Å²) >= 11 is 0. The van der Waals surface area contributed by atoms with Crippen molar-refractivity contribution >= 4 is 9.84 Å². The number of benzene rings is 1. The number of piperidine rings is 1. The third kappa shape index (κ3) is 3.70. The molecular weight excluding hydrogens is 262 g/mol. The summed E-state index contributed by atoms with van der Waals surface area (Å²) in [5.41, 5.74) is 1.09. The largest absolute Gasteiger partial charge is 0.496 e. The molecule has 1 fully saturated rings. The van der Waals surface area contributed by atoms with Gasteiger partial charge < -0.3 is 10.1 Å². The molecule has 0 spiro atoms. The van der Waals surface area contributed by atoms with Gasteiger partial charge in [-0.05, 0) is 56.0 Å². The second-order valence-corrected chi connectivity index (χ2v) is 7.18. The van der Waals surface area contributed by atoms with E-state index in [9.17, 15) is 8.42 Å². The van der Waals surface area contributed by atoms with Crippen LogP contribution in [0, 0.1) is 5.92 Å². The molecule has 1 aromatic carbocycles. The summed E-state index contributed by atoms with van der Waals surface area (Å²) in [7, 11) is -1.59. The molecular formula is C14H21NO3S. The van der Waals surface area contributed by atoms with E-state index in [0.717, 1.165) is 25.1 Å². The molecule has 0 bridgehead atoms. The molecule has 4 nitrogen and oxygen atoms in total. The third-order valence-electron chi connectivity index (χ3n) is 3.59. The Kier molecular flexibility index (Phi) is 4.47. The van der Waals surface area contributed by atoms with Crippen molar-refractivity contribution in [2.24, 2.45) is 5.92 Å². The first kappa shape index (κ1) is 14.3. The van der Waals surface area contributed by atoms with Crippen molar-refractivity contribution in [2.75, 3.05) is 26.5 Å². The summed E-state index contributed by atoms with van der Waals surface area (Å²) in [4.78, 5) is 0.315. The first-order valence-corrected chi connectivity index (χ1v) is 8.47. The van der Waals surface area contributed by atoms with Crippen molar-refractivity contribution in [3.63, 3.8) is 0 Å². The Labute approximate surface area is 115 Å². The van der Waals surface area contributed by atoms with Gasteiger partial charge in [0.1, 0.15) is 5.75 Å². The zero-order valence-corrected chi connectivity index (χ0v) is 12.3. The highest BCUT2D eigenvalue weighted by atomic mass is 32.2. The molecule has 1 saturated heterocycles. The maximum atomic E-state index is 11.5. The Hall–Kier alpha value is -1.07. The number of ether oxygens (including phenoxy) is 1. The number of sulfone groups is 1. The first-order chi connectivity index (χ1) is 9.00. The summed E-state index contributed by atoms with van der Waals surface area (Å²) in [6.45, 7) is 2.12. The highest BCUT2D eigenvalue weighted by Gasteiger charge is 2.17. The lowest BCUT2D eigenvalue weighted by atomic mass is 9.92. The Morgan fingerprint density at radius 3 is 2.79 bits per heavy atom. The molecule has 106 valence electrons. The minimum Gasteiger partial charge on any atom is -0.496 e. The average Bonchev–Trinajstić information content (AvgIpc) is 2.39. The predicted octanol–water partition coefficient (Wildman–Crippen LogP) is 1.64. The molecule has 1 N–H and O–H groups in total. The smallest absolute Gasteiger partial charge is 0.175 e. The second-order valence-electron chi connectivity index (χ2n) is 5.16. The van der Waals surface area contributed by atoms with Gasteiger partial charge in [0.15, 0.2) is 9.84 Å². The van der Waals surface area contributed by atoms with Gasteiger partial charge in [-0.3, -0.25) is 0 Å². The number of hydrogen-bond acceptors (Lipinski definition) is 4. The third-order valence-corrected chi connectivity index (χ3v) is 4.70. The van der Waals surface area contributed by atoms with Gasteiger partial charge in [0.25, 0.3) is 0 Å². The molecule has 5 heteroatoms. The van der Waals surface area contributed by atoms with Crippen molar-refractivity contribution in [1.82, 2.24) is 5.32 Å². The van der Waals surface area contributed by atoms with Crippen LogP contribution in [0.25, 0.3) is 0 Å². The zero-order chi connectivity index (χ0) is 13.9. The summed E-state index contributed by atoms with van der Waals surface area (Å²) in [5, 5.41) is 3.39. The van der Waals surface area contributed by atoms with Crippen LogP contribution in [-0.4, -0.2) is 34.9 Å². The minimum absolute atomic E-state index is 0.315. The van der Waals surface area contributed by atoms with Crippen LogP contribution in [0.15, 0.2) is 23.1 Å². The lowest BCUT2D eigenvalue weighted by Gasteiger charge is -2.23. The average molecular weight is 283 g/mol. The fourth-order valence-corrected chi connectivity index (χ4v) is 3.17. The molecule has 1 heterocycles. The Bertz CT molecular complexity index is 534. The first-order valence-electron chi connectivity index (χ1n) is 6.58. The standard InChI is InChI=1S/C14H21NO3S/c1-18-14-9-13(19(2,16)17)6-5-12(14)8-11-4-3-7-15-10-11/h5-6,9,11,15H,3-4,7-8,10H2,1-2H3. The van der Waals surface area contributed by atoms with Crippen molar-refractivity contribution in [3.05, 3.63) is 23.8 Å². The predicted molar refractivity (Wildman–Crippen MR) is 75.4 cm³/mol. The fourth-order valence-electron chi connectivity index (χ4n) is 2.53. The summed E-state index contributed by atoms with van der Waals surface area (Å²) in [5.74, 6) is 1.28. The van der Waals surface area contributed by atoms with Gasteiger partial charge in [-0.1, -0.05) is 6.07 Å². The van der Waals surface area contributed by atoms with Crippen LogP contribution in [-0.2, 0) is 16.3 Å². The fraction of sp³-hybridized carbons (Fsp3) is 0.571. The van der Waals surface area contributed by atoms with Crippen LogP contribution in [0.5, 0.6) is 5.75 Å². The van der Waals surface area contributed by atoms with E-state index in [-0.39, 0.29) is 0 Å². The minimum atomic E-state index is -3.18. The van der Waals surface area contributed by atoms with Gasteiger partial charge in [-0.15, -0.1) is 0 Å². The van der Waals surface area contributed by atoms with Gasteiger partial charge in [0.05, 0.1) is 12.0 Å². The number of rotatable bonds is 4. The number of methoxy groups -OCH3 is 1. The van der Waals surface area contributed by atoms with Crippen molar-refractivity contribution in [2.45, 2.75) is 24.2 Å². The molecule has 1 aliphatic heterocycles. The molecule has 0 radical (unpaired) electrons. The molecule has 1 aromatic rings. The Morgan fingerprint density at radius 2 is 2.21 bits per heavy atom. The van der Waals surface area contributed by atoms with E-state index in [4.69, 9.17) is 4.74 Å². The number of hydrogen-bond donors (Lipinski definition) is 1. The van der Waals surface area contributed by atoms with Crippen LogP contribution in [0.2, 0.25) is 0 Å². The molecule has 0 aliphatic carbocycles. The quantitative estimate of drug-likeness (QED) is 0.912. The van der Waals surface area contributed by atoms with E-state index in [1.54, 1.807) is 19.2 Å². The molecule has 0 amide bonds. The SMILES string of the molecule is COc1cc(S(C)(=O)=O)ccc1CC1CCCNC1. The topological polar surface area (TPSA) is 55.4 Å². The molecule has 1 unspecified atom stereocenters. The van der Waals surface area contributed by atoms with Gasteiger partial charge in [-0.2, -0.15) is 0 Å². The van der Waals surface area contributed by atoms with Crippen LogP contribution in [0.4, 0.5) is 0 Å². The van der Waals surface area contributed by atoms with Crippen molar-refractivity contribution in [1.29, 1.82) is 0 Å². The molecule has 0 saturated carbocycles. The van der Waals surface area contributed by atoms with Gasteiger partial charge >= 0.3 is 0 Å². The maximum absolute atomic E-state index is 11.5. The highest BCUT2D eigenvalue weighted by Crippen LogP contribution is 2.27. The molecule has 0 aromatic heterocycles. The van der Waals surface area contributed by atoms with Crippen LogP contribution >= 0.6 is 0 Å². The van der Waals surface area contributed by atoms with E-state index in [0.29, 0.717) is 16.6 Å². The summed E-state index contributed by atoms with van der Waals surface area (Å²) < 4.78 is 28.4. The summed E-state index contributed by atoms with van der Waals surface area (Å²) in [6, 6.07) is 5.17. The maximum Gasteiger partial charge on any atom is 0.175 e. The number of nitrogens with one attached hydrogen (secondary N) is 1. The van der Waals surface area contributed by atoms with Crippen LogP contribution in [0.1, 0.15) is 18.4 Å². The van der Waals surface area contributed by atoms with Crippen LogP contribution < -0.4 is 10.1 Å². The van der Waals surface area contributed by atoms with E-state index in [1.807, 2.05) is 6.07 Å². The Morgan fingerprint density at radius 1 is 1.42 bits per heavy atom. The van der Waals surface area contributed by atoms with E-state index in [2.05, 4.69) is 5.32 Å². The molecule has 19 heavy (non-hydrogen) atoms. The normalized spacial score (nSPS) is 20.2. The lowest BCUT2D eigenvalue weighted by molar-refractivity contribution is 0.363. The van der Waals surface area contributed by atoms with Crippen molar-refractivity contribution < 1.29 is 13.2 Å². The molecule has 1 atom stereocenters. The molecule has 2 rings (SSSR count). The van der Waals surface area contributed by atoms with Gasteiger partial charge in [0, 0.05) is 6.26 Å². The van der Waals surface area contributed by atoms with Gasteiger partial charge in [-0.25, -0.2) is 8.42 Å². The molecule has 1 aliphatic rings. The van der Waals surface area contributed by atoms with E-state index in [1.165, 1.54) is 19.1 Å². The van der Waals surface area contributed by atoms with Gasteiger partial charge in [0.2, 0.25) is 0 Å². The lowest BCUT2D eigenvalue weighted by Crippen LogP contribution is -2.30. The second kappa shape index (κ2) is 5.92. The monoisotopic (exact) mass is 283 g/mol. The van der Waals surface area contributed by atoms with Crippen molar-refractivity contribution in [3.8, 4) is 5.75 Å². The highest BCUT2D eigenvalue weighted by molar-refractivity contribution is 7.90. The van der Waals surface area contributed by atoms with E-state index < -0.39 is 9.84 Å². The zero-order valence-electron chi connectivity index (χ0n) is 11.5.